The second-order valence-electron chi connectivity index (χ2n) is 8.24. The molecule has 0 aliphatic carbocycles. The van der Waals surface area contributed by atoms with Gasteiger partial charge in [-0.1, -0.05) is 12.1 Å². The molecule has 4 rings (SSSR count). The number of nitrogens with one attached hydrogen (secondary N) is 1. The highest BCUT2D eigenvalue weighted by Gasteiger charge is 2.45. The van der Waals surface area contributed by atoms with Crippen LogP contribution < -0.4 is 10.2 Å². The largest absolute Gasteiger partial charge is 0.379 e. The molecule has 10 heteroatoms. The first-order valence-electron chi connectivity index (χ1n) is 10.2. The predicted octanol–water partition coefficient (Wildman–Crippen LogP) is 2.11. The topological polar surface area (TPSA) is 96.0 Å². The van der Waals surface area contributed by atoms with Gasteiger partial charge in [0, 0.05) is 18.8 Å². The molecule has 1 N–H and O–H groups in total. The van der Waals surface area contributed by atoms with Gasteiger partial charge in [0.2, 0.25) is 21.8 Å². The highest BCUT2D eigenvalue weighted by Crippen LogP contribution is 2.42. The number of morpholine rings is 1. The first-order valence-corrected chi connectivity index (χ1v) is 11.6. The molecule has 2 aliphatic heterocycles. The molecule has 32 heavy (non-hydrogen) atoms. The minimum atomic E-state index is -3.73. The molecular weight excluding hydrogens is 437 g/mol. The summed E-state index contributed by atoms with van der Waals surface area (Å²) < 4.78 is 46.5. The SMILES string of the molecule is CC1(C)C(=O)N(CC(=O)Nc2ccccc2F)c2ccc(S(=O)(=O)N3CCOCC3)cc21. The molecule has 0 aromatic heterocycles. The lowest BCUT2D eigenvalue weighted by Crippen LogP contribution is -2.41. The number of carbonyl (C=O) groups is 2. The van der Waals surface area contributed by atoms with Crippen LogP contribution in [0.25, 0.3) is 0 Å². The number of ether oxygens (including phenoxy) is 1. The molecule has 0 spiro atoms. The summed E-state index contributed by atoms with van der Waals surface area (Å²) in [4.78, 5) is 27.0. The Bertz CT molecular complexity index is 1180. The number of para-hydroxylation sites is 1. The Balaban J connectivity index is 1.61. The van der Waals surface area contributed by atoms with E-state index in [0.717, 1.165) is 0 Å². The second kappa shape index (κ2) is 8.27. The van der Waals surface area contributed by atoms with Crippen LogP contribution >= 0.6 is 0 Å². The number of amides is 2. The summed E-state index contributed by atoms with van der Waals surface area (Å²) in [7, 11) is -3.73. The zero-order valence-electron chi connectivity index (χ0n) is 17.8. The molecule has 170 valence electrons. The fourth-order valence-corrected chi connectivity index (χ4v) is 5.40. The van der Waals surface area contributed by atoms with Crippen molar-refractivity contribution in [1.29, 1.82) is 0 Å². The molecule has 2 aromatic rings. The van der Waals surface area contributed by atoms with Crippen LogP contribution in [0, 0.1) is 5.82 Å². The van der Waals surface area contributed by atoms with Gasteiger partial charge in [-0.3, -0.25) is 9.59 Å². The summed E-state index contributed by atoms with van der Waals surface area (Å²) in [5.74, 6) is -1.47. The number of fused-ring (bicyclic) bond motifs is 1. The molecular formula is C22H24FN3O5S. The third kappa shape index (κ3) is 3.89. The van der Waals surface area contributed by atoms with E-state index < -0.39 is 27.2 Å². The summed E-state index contributed by atoms with van der Waals surface area (Å²) in [6, 6.07) is 10.3. The molecule has 1 fully saturated rings. The number of sulfonamides is 1. The van der Waals surface area contributed by atoms with Crippen LogP contribution in [-0.4, -0.2) is 57.4 Å². The number of benzene rings is 2. The van der Waals surface area contributed by atoms with Crippen molar-refractivity contribution in [2.24, 2.45) is 0 Å². The number of anilines is 2. The smallest absolute Gasteiger partial charge is 0.244 e. The summed E-state index contributed by atoms with van der Waals surface area (Å²) in [5, 5.41) is 2.47. The van der Waals surface area contributed by atoms with E-state index in [-0.39, 0.29) is 36.1 Å². The van der Waals surface area contributed by atoms with Crippen LogP contribution in [0.5, 0.6) is 0 Å². The molecule has 0 unspecified atom stereocenters. The second-order valence-corrected chi connectivity index (χ2v) is 10.2. The van der Waals surface area contributed by atoms with Crippen molar-refractivity contribution in [3.05, 3.63) is 53.8 Å². The van der Waals surface area contributed by atoms with Crippen molar-refractivity contribution >= 4 is 33.2 Å². The van der Waals surface area contributed by atoms with E-state index in [1.807, 2.05) is 0 Å². The molecule has 2 aromatic carbocycles. The van der Waals surface area contributed by atoms with Gasteiger partial charge in [0.15, 0.2) is 0 Å². The molecule has 2 amide bonds. The first-order chi connectivity index (χ1) is 15.1. The quantitative estimate of drug-likeness (QED) is 0.736. The van der Waals surface area contributed by atoms with Crippen molar-refractivity contribution in [3.63, 3.8) is 0 Å². The van der Waals surface area contributed by atoms with Crippen molar-refractivity contribution in [3.8, 4) is 0 Å². The monoisotopic (exact) mass is 461 g/mol. The number of carbonyl (C=O) groups excluding carboxylic acids is 2. The van der Waals surface area contributed by atoms with Gasteiger partial charge >= 0.3 is 0 Å². The van der Waals surface area contributed by atoms with Crippen LogP contribution in [0.1, 0.15) is 19.4 Å². The number of halogens is 1. The molecule has 1 saturated heterocycles. The molecule has 0 saturated carbocycles. The Morgan fingerprint density at radius 1 is 1.16 bits per heavy atom. The standard InChI is InChI=1S/C22H24FN3O5S/c1-22(2)16-13-15(32(29,30)25-9-11-31-12-10-25)7-8-19(16)26(21(22)28)14-20(27)24-18-6-4-3-5-17(18)23/h3-8,13H,9-12,14H2,1-2H3,(H,24,27). The fourth-order valence-electron chi connectivity index (χ4n) is 3.96. The normalized spacial score (nSPS) is 18.5. The number of hydrogen-bond acceptors (Lipinski definition) is 5. The van der Waals surface area contributed by atoms with Crippen LogP contribution in [0.15, 0.2) is 47.4 Å². The zero-order chi connectivity index (χ0) is 23.1. The lowest BCUT2D eigenvalue weighted by molar-refractivity contribution is -0.124. The van der Waals surface area contributed by atoms with Crippen molar-refractivity contribution in [1.82, 2.24) is 4.31 Å². The van der Waals surface area contributed by atoms with E-state index in [4.69, 9.17) is 4.74 Å². The first kappa shape index (κ1) is 22.4. The number of hydrogen-bond donors (Lipinski definition) is 1. The zero-order valence-corrected chi connectivity index (χ0v) is 18.6. The van der Waals surface area contributed by atoms with Crippen LogP contribution in [-0.2, 0) is 29.8 Å². The van der Waals surface area contributed by atoms with E-state index in [0.29, 0.717) is 24.5 Å². The average molecular weight is 462 g/mol. The van der Waals surface area contributed by atoms with Gasteiger partial charge in [-0.25, -0.2) is 12.8 Å². The van der Waals surface area contributed by atoms with E-state index in [9.17, 15) is 22.4 Å². The highest BCUT2D eigenvalue weighted by molar-refractivity contribution is 7.89. The van der Waals surface area contributed by atoms with Crippen LogP contribution in [0.3, 0.4) is 0 Å². The Labute approximate surface area is 186 Å². The van der Waals surface area contributed by atoms with Crippen molar-refractivity contribution in [2.75, 3.05) is 43.1 Å². The van der Waals surface area contributed by atoms with Gasteiger partial charge in [0.05, 0.1) is 29.2 Å². The number of rotatable bonds is 5. The van der Waals surface area contributed by atoms with Gasteiger partial charge in [0.1, 0.15) is 12.4 Å². The molecule has 0 atom stereocenters. The lowest BCUT2D eigenvalue weighted by Gasteiger charge is -2.26. The van der Waals surface area contributed by atoms with Gasteiger partial charge in [-0.2, -0.15) is 4.31 Å². The van der Waals surface area contributed by atoms with Gasteiger partial charge in [-0.15, -0.1) is 0 Å². The minimum absolute atomic E-state index is 0.0237. The Morgan fingerprint density at radius 2 is 1.84 bits per heavy atom. The summed E-state index contributed by atoms with van der Waals surface area (Å²) in [6.07, 6.45) is 0. The maximum Gasteiger partial charge on any atom is 0.244 e. The maximum absolute atomic E-state index is 13.8. The van der Waals surface area contributed by atoms with E-state index in [1.165, 1.54) is 39.5 Å². The third-order valence-electron chi connectivity index (χ3n) is 5.77. The van der Waals surface area contributed by atoms with Crippen molar-refractivity contribution < 1.29 is 27.1 Å². The molecule has 2 heterocycles. The Hall–Kier alpha value is -2.82. The predicted molar refractivity (Wildman–Crippen MR) is 116 cm³/mol. The molecule has 0 radical (unpaired) electrons. The van der Waals surface area contributed by atoms with Gasteiger partial charge in [-0.05, 0) is 49.7 Å². The summed E-state index contributed by atoms with van der Waals surface area (Å²) in [6.45, 7) is 4.26. The highest BCUT2D eigenvalue weighted by atomic mass is 32.2. The minimum Gasteiger partial charge on any atom is -0.379 e. The van der Waals surface area contributed by atoms with Gasteiger partial charge < -0.3 is 15.0 Å². The van der Waals surface area contributed by atoms with E-state index in [2.05, 4.69) is 5.32 Å². The van der Waals surface area contributed by atoms with Crippen LogP contribution in [0.4, 0.5) is 15.8 Å². The Morgan fingerprint density at radius 3 is 2.53 bits per heavy atom. The molecule has 0 bridgehead atoms. The van der Waals surface area contributed by atoms with E-state index in [1.54, 1.807) is 26.0 Å². The van der Waals surface area contributed by atoms with Crippen molar-refractivity contribution in [2.45, 2.75) is 24.2 Å². The number of nitrogens with zero attached hydrogens (tertiary/aromatic N) is 2. The molecule has 2 aliphatic rings. The summed E-state index contributed by atoms with van der Waals surface area (Å²) in [5.41, 5.74) is -0.0137. The molecule has 8 nitrogen and oxygen atoms in total. The summed E-state index contributed by atoms with van der Waals surface area (Å²) >= 11 is 0. The van der Waals surface area contributed by atoms with Crippen LogP contribution in [0.2, 0.25) is 0 Å². The Kier molecular flexibility index (Phi) is 5.78. The fraction of sp³-hybridized carbons (Fsp3) is 0.364. The van der Waals surface area contributed by atoms with Gasteiger partial charge in [0.25, 0.3) is 0 Å². The average Bonchev–Trinajstić information content (AvgIpc) is 2.96. The van der Waals surface area contributed by atoms with E-state index >= 15 is 0 Å². The lowest BCUT2D eigenvalue weighted by atomic mass is 9.86. The maximum atomic E-state index is 13.8. The third-order valence-corrected chi connectivity index (χ3v) is 7.66.